The molecule has 0 fully saturated rings. The largest absolute Gasteiger partial charge is 0.395 e. The van der Waals surface area contributed by atoms with E-state index in [-0.39, 0.29) is 36.2 Å². The van der Waals surface area contributed by atoms with Crippen LogP contribution in [0, 0.1) is 0 Å². The Labute approximate surface area is 88.9 Å². The van der Waals surface area contributed by atoms with Gasteiger partial charge in [0, 0.05) is 41.8 Å². The average Bonchev–Trinajstić information content (AvgIpc) is 2.03. The standard InChI is InChI=1S/C8H11NO.Na/c10-7-6-9-8-4-2-1-3-5-8;/h1-5,9-10H,6-7H2;. The second-order valence-corrected chi connectivity index (χ2v) is 2.02. The van der Waals surface area contributed by atoms with Crippen LogP contribution in [0.2, 0.25) is 0 Å². The molecule has 0 aliphatic heterocycles. The van der Waals surface area contributed by atoms with E-state index in [1.165, 1.54) is 0 Å². The summed E-state index contributed by atoms with van der Waals surface area (Å²) in [5.41, 5.74) is 1.05. The molecule has 0 aliphatic rings. The van der Waals surface area contributed by atoms with Crippen LogP contribution in [0.3, 0.4) is 0 Å². The quantitative estimate of drug-likeness (QED) is 0.638. The van der Waals surface area contributed by atoms with Gasteiger partial charge in [0.15, 0.2) is 0 Å². The molecule has 1 aromatic rings. The van der Waals surface area contributed by atoms with Crippen LogP contribution in [-0.2, 0) is 0 Å². The Morgan fingerprint density at radius 3 is 2.36 bits per heavy atom. The molecule has 0 heterocycles. The third kappa shape index (κ3) is 4.43. The zero-order chi connectivity index (χ0) is 7.23. The van der Waals surface area contributed by atoms with E-state index in [1.54, 1.807) is 0 Å². The van der Waals surface area contributed by atoms with Crippen molar-refractivity contribution in [2.24, 2.45) is 0 Å². The van der Waals surface area contributed by atoms with Crippen LogP contribution in [0.15, 0.2) is 30.3 Å². The van der Waals surface area contributed by atoms with Gasteiger partial charge in [0.1, 0.15) is 0 Å². The van der Waals surface area contributed by atoms with Crippen LogP contribution in [0.25, 0.3) is 0 Å². The van der Waals surface area contributed by atoms with Crippen molar-refractivity contribution in [2.75, 3.05) is 18.5 Å². The van der Waals surface area contributed by atoms with Crippen LogP contribution < -0.4 is 5.32 Å². The normalized spacial score (nSPS) is 8.45. The number of aliphatic hydroxyl groups excluding tert-OH is 1. The van der Waals surface area contributed by atoms with Gasteiger partial charge in [-0.05, 0) is 12.1 Å². The molecule has 2 N–H and O–H groups in total. The van der Waals surface area contributed by atoms with Crippen molar-refractivity contribution in [3.8, 4) is 0 Å². The zero-order valence-corrected chi connectivity index (χ0v) is 8.75. The molecule has 3 heteroatoms. The zero-order valence-electron chi connectivity index (χ0n) is 6.75. The van der Waals surface area contributed by atoms with Crippen molar-refractivity contribution in [3.05, 3.63) is 30.3 Å². The molecule has 1 aromatic carbocycles. The van der Waals surface area contributed by atoms with Crippen molar-refractivity contribution in [1.82, 2.24) is 0 Å². The number of benzene rings is 1. The van der Waals surface area contributed by atoms with E-state index >= 15 is 0 Å². The summed E-state index contributed by atoms with van der Waals surface area (Å²) in [6, 6.07) is 9.81. The van der Waals surface area contributed by atoms with Crippen LogP contribution in [0.5, 0.6) is 0 Å². The maximum absolute atomic E-state index is 8.47. The minimum absolute atomic E-state index is 0. The van der Waals surface area contributed by atoms with Gasteiger partial charge in [-0.1, -0.05) is 18.2 Å². The molecule has 55 valence electrons. The molecular formula is C8H11NNaO. The van der Waals surface area contributed by atoms with Gasteiger partial charge in [0.25, 0.3) is 0 Å². The van der Waals surface area contributed by atoms with E-state index in [9.17, 15) is 0 Å². The summed E-state index contributed by atoms with van der Waals surface area (Å²) < 4.78 is 0. The van der Waals surface area contributed by atoms with Crippen molar-refractivity contribution in [2.45, 2.75) is 0 Å². The molecule has 0 unspecified atom stereocenters. The fourth-order valence-electron chi connectivity index (χ4n) is 0.756. The Balaban J connectivity index is 0.000001000. The topological polar surface area (TPSA) is 32.3 Å². The summed E-state index contributed by atoms with van der Waals surface area (Å²) in [7, 11) is 0. The molecule has 0 saturated heterocycles. The number of aliphatic hydroxyl groups is 1. The van der Waals surface area contributed by atoms with Gasteiger partial charge in [0.2, 0.25) is 0 Å². The van der Waals surface area contributed by atoms with E-state index in [2.05, 4.69) is 5.32 Å². The second kappa shape index (κ2) is 6.68. The maximum Gasteiger partial charge on any atom is 0.0604 e. The van der Waals surface area contributed by atoms with Gasteiger partial charge >= 0.3 is 0 Å². The minimum Gasteiger partial charge on any atom is -0.395 e. The summed E-state index contributed by atoms with van der Waals surface area (Å²) in [4.78, 5) is 0. The number of rotatable bonds is 3. The molecule has 0 aliphatic carbocycles. The maximum atomic E-state index is 8.47. The van der Waals surface area contributed by atoms with Gasteiger partial charge in [-0.2, -0.15) is 0 Å². The first kappa shape index (κ1) is 11.0. The Kier molecular flexibility index (Phi) is 6.66. The minimum atomic E-state index is 0. The summed E-state index contributed by atoms with van der Waals surface area (Å²) in [5, 5.41) is 11.5. The van der Waals surface area contributed by atoms with E-state index in [1.807, 2.05) is 30.3 Å². The monoisotopic (exact) mass is 160 g/mol. The molecule has 0 amide bonds. The predicted molar refractivity (Wildman–Crippen MR) is 47.8 cm³/mol. The summed E-state index contributed by atoms with van der Waals surface area (Å²) in [6.45, 7) is 0.791. The smallest absolute Gasteiger partial charge is 0.0604 e. The van der Waals surface area contributed by atoms with Crippen molar-refractivity contribution in [3.63, 3.8) is 0 Å². The molecule has 1 radical (unpaired) electrons. The molecule has 0 atom stereocenters. The van der Waals surface area contributed by atoms with E-state index in [0.717, 1.165) is 5.69 Å². The Hall–Kier alpha value is -0.0200. The Morgan fingerprint density at radius 2 is 1.82 bits per heavy atom. The third-order valence-electron chi connectivity index (χ3n) is 1.21. The van der Waals surface area contributed by atoms with Crippen molar-refractivity contribution >= 4 is 35.2 Å². The van der Waals surface area contributed by atoms with E-state index in [4.69, 9.17) is 5.11 Å². The van der Waals surface area contributed by atoms with Gasteiger partial charge in [-0.15, -0.1) is 0 Å². The first-order valence-electron chi connectivity index (χ1n) is 3.33. The molecule has 0 saturated carbocycles. The van der Waals surface area contributed by atoms with Crippen LogP contribution in [0.1, 0.15) is 0 Å². The molecule has 0 aromatic heterocycles. The van der Waals surface area contributed by atoms with Gasteiger partial charge in [-0.3, -0.25) is 0 Å². The first-order chi connectivity index (χ1) is 4.93. The fourth-order valence-corrected chi connectivity index (χ4v) is 0.756. The number of anilines is 1. The predicted octanol–water partition coefficient (Wildman–Crippen LogP) is 0.710. The van der Waals surface area contributed by atoms with Crippen LogP contribution in [-0.4, -0.2) is 47.8 Å². The number of hydrogen-bond donors (Lipinski definition) is 2. The van der Waals surface area contributed by atoms with Crippen molar-refractivity contribution in [1.29, 1.82) is 0 Å². The molecule has 0 spiro atoms. The number of hydrogen-bond acceptors (Lipinski definition) is 2. The second-order valence-electron chi connectivity index (χ2n) is 2.02. The Bertz CT molecular complexity index is 179. The molecule has 1 rings (SSSR count). The van der Waals surface area contributed by atoms with Gasteiger partial charge < -0.3 is 10.4 Å². The number of para-hydroxylation sites is 1. The molecule has 0 bridgehead atoms. The van der Waals surface area contributed by atoms with Crippen LogP contribution in [0.4, 0.5) is 5.69 Å². The summed E-state index contributed by atoms with van der Waals surface area (Å²) in [6.07, 6.45) is 0. The average molecular weight is 160 g/mol. The van der Waals surface area contributed by atoms with Gasteiger partial charge in [0.05, 0.1) is 6.61 Å². The summed E-state index contributed by atoms with van der Waals surface area (Å²) >= 11 is 0. The Morgan fingerprint density at radius 1 is 1.18 bits per heavy atom. The summed E-state index contributed by atoms with van der Waals surface area (Å²) in [5.74, 6) is 0. The van der Waals surface area contributed by atoms with E-state index in [0.29, 0.717) is 6.54 Å². The SMILES string of the molecule is OCCNc1ccccc1.[Na]. The first-order valence-corrected chi connectivity index (χ1v) is 3.33. The molecular weight excluding hydrogens is 149 g/mol. The van der Waals surface area contributed by atoms with Gasteiger partial charge in [-0.25, -0.2) is 0 Å². The van der Waals surface area contributed by atoms with Crippen molar-refractivity contribution < 1.29 is 5.11 Å². The number of nitrogens with one attached hydrogen (secondary N) is 1. The third-order valence-corrected chi connectivity index (χ3v) is 1.21. The molecule has 2 nitrogen and oxygen atoms in total. The molecule has 11 heavy (non-hydrogen) atoms. The van der Waals surface area contributed by atoms with Crippen LogP contribution >= 0.6 is 0 Å². The van der Waals surface area contributed by atoms with E-state index < -0.39 is 0 Å². The fraction of sp³-hybridized carbons (Fsp3) is 0.250.